The zero-order chi connectivity index (χ0) is 60.8. The molecule has 2 atom stereocenters. The third-order valence-corrected chi connectivity index (χ3v) is 17.4. The van der Waals surface area contributed by atoms with Crippen LogP contribution < -0.4 is 35.5 Å². The second-order valence-electron chi connectivity index (χ2n) is 23.4. The van der Waals surface area contributed by atoms with E-state index in [2.05, 4.69) is 138 Å². The van der Waals surface area contributed by atoms with E-state index < -0.39 is 0 Å². The largest absolute Gasteiger partial charge is 0.497 e. The molecule has 17 heteroatoms. The topological polar surface area (TPSA) is 174 Å². The van der Waals surface area contributed by atoms with Gasteiger partial charge in [0, 0.05) is 112 Å². The number of benzene rings is 6. The van der Waals surface area contributed by atoms with Crippen molar-refractivity contribution in [3.63, 3.8) is 0 Å². The van der Waals surface area contributed by atoms with Crippen LogP contribution in [0.3, 0.4) is 0 Å². The Balaban J connectivity index is 0.000000182. The van der Waals surface area contributed by atoms with Gasteiger partial charge in [-0.3, -0.25) is 9.59 Å². The molecule has 0 saturated carbocycles. The normalized spacial score (nSPS) is 16.5. The zero-order valence-electron chi connectivity index (χ0n) is 51.4. The predicted octanol–water partition coefficient (Wildman–Crippen LogP) is 10.2. The smallest absolute Gasteiger partial charge is 0.228 e. The molecule has 2 saturated heterocycles. The van der Waals surface area contributed by atoms with Crippen molar-refractivity contribution < 1.29 is 23.8 Å². The van der Waals surface area contributed by atoms with E-state index in [4.69, 9.17) is 24.2 Å². The second-order valence-corrected chi connectivity index (χ2v) is 23.4. The number of ether oxygens (including phenoxy) is 3. The summed E-state index contributed by atoms with van der Waals surface area (Å²) in [5.41, 5.74) is 14.9. The van der Waals surface area contributed by atoms with Crippen molar-refractivity contribution in [1.29, 1.82) is 0 Å². The average molecular weight is 1180 g/mol. The number of methoxy groups -OCH3 is 3. The van der Waals surface area contributed by atoms with Gasteiger partial charge in [0.15, 0.2) is 11.5 Å². The Hall–Kier alpha value is -8.74. The fourth-order valence-electron chi connectivity index (χ4n) is 12.3. The SMILES string of the molecule is COc1ccc(CC(=O)Nc2ccc(C3Cc4cnc(NCCCN5CCN(C)CC5)nc4-c4ccccc43)cc2)cc1.COc1ccc(CC(=O)Nc2ccc(C3Cc4cnc(NCCCN5CCN(C)CC5)nc4-c4ccccc43)cc2)cc1OC. The van der Waals surface area contributed by atoms with E-state index in [-0.39, 0.29) is 30.1 Å². The first-order valence-electron chi connectivity index (χ1n) is 30.9. The van der Waals surface area contributed by atoms with Gasteiger partial charge in [0.25, 0.3) is 0 Å². The molecular weight excluding hydrogens is 1100 g/mol. The van der Waals surface area contributed by atoms with Crippen LogP contribution in [0.15, 0.2) is 152 Å². The Morgan fingerprint density at radius 2 is 0.943 bits per heavy atom. The molecular formula is C71H82N12O5. The molecule has 2 aliphatic heterocycles. The number of hydrogen-bond donors (Lipinski definition) is 4. The third-order valence-electron chi connectivity index (χ3n) is 17.4. The highest BCUT2D eigenvalue weighted by Crippen LogP contribution is 2.44. The van der Waals surface area contributed by atoms with Gasteiger partial charge < -0.3 is 55.1 Å². The van der Waals surface area contributed by atoms with Gasteiger partial charge in [0.05, 0.1) is 45.6 Å². The maximum Gasteiger partial charge on any atom is 0.228 e. The van der Waals surface area contributed by atoms with Gasteiger partial charge in [-0.15, -0.1) is 0 Å². The summed E-state index contributed by atoms with van der Waals surface area (Å²) >= 11 is 0. The first kappa shape index (κ1) is 60.9. The van der Waals surface area contributed by atoms with Crippen LogP contribution in [0.5, 0.6) is 17.2 Å². The van der Waals surface area contributed by atoms with Crippen LogP contribution in [0.25, 0.3) is 22.5 Å². The number of rotatable bonds is 21. The van der Waals surface area contributed by atoms with Gasteiger partial charge in [-0.05, 0) is 146 Å². The van der Waals surface area contributed by atoms with Crippen LogP contribution in [0.2, 0.25) is 0 Å². The van der Waals surface area contributed by atoms with E-state index in [0.717, 1.165) is 166 Å². The molecule has 12 rings (SSSR count). The molecule has 6 aromatic carbocycles. The van der Waals surface area contributed by atoms with Crippen LogP contribution in [-0.2, 0) is 35.3 Å². The molecule has 8 aromatic rings. The van der Waals surface area contributed by atoms with Gasteiger partial charge in [0.1, 0.15) is 5.75 Å². The lowest BCUT2D eigenvalue weighted by molar-refractivity contribution is -0.116. The Kier molecular flexibility index (Phi) is 20.3. The number of hydrogen-bond acceptors (Lipinski definition) is 15. The molecule has 0 bridgehead atoms. The summed E-state index contributed by atoms with van der Waals surface area (Å²) in [5.74, 6) is 3.64. The first-order valence-corrected chi connectivity index (χ1v) is 30.9. The Morgan fingerprint density at radius 3 is 1.40 bits per heavy atom. The lowest BCUT2D eigenvalue weighted by atomic mass is 9.78. The van der Waals surface area contributed by atoms with Crippen LogP contribution >= 0.6 is 0 Å². The standard InChI is InChI=1S/C36H42N6O3.C35H40N6O2/c1-41-17-19-42(20-18-41)16-6-15-37-36-38-24-27-23-31(29-7-4-5-8-30(29)35(27)40-36)26-10-12-28(13-11-26)39-34(43)22-25-9-14-32(44-2)33(21-25)45-3;1-40-18-20-41(21-19-40)17-5-16-36-35-37-24-27-23-32(30-6-3-4-7-31(30)34(27)39-35)26-10-12-28(13-11-26)38-33(42)22-25-8-14-29(43-2)15-9-25/h4-5,7-14,21,24,31H,6,15-20,22-23H2,1-3H3,(H,39,43)(H,37,38,40);3-4,6-15,24,32H,5,16-23H2,1-2H3,(H,38,42)(H,36,37,39). The average Bonchev–Trinajstić information content (AvgIpc) is 2.07. The zero-order valence-corrected chi connectivity index (χ0v) is 51.4. The van der Waals surface area contributed by atoms with Crippen molar-refractivity contribution in [2.75, 3.05) is 135 Å². The molecule has 2 aliphatic carbocycles. The maximum atomic E-state index is 12.8. The number of nitrogens with zero attached hydrogens (tertiary/aromatic N) is 8. The summed E-state index contributed by atoms with van der Waals surface area (Å²) in [5, 5.41) is 13.0. The molecule has 88 heavy (non-hydrogen) atoms. The molecule has 4 heterocycles. The number of aromatic nitrogens is 4. The summed E-state index contributed by atoms with van der Waals surface area (Å²) in [6.07, 6.45) is 8.31. The molecule has 0 spiro atoms. The van der Waals surface area contributed by atoms with E-state index in [0.29, 0.717) is 29.8 Å². The van der Waals surface area contributed by atoms with Gasteiger partial charge in [0.2, 0.25) is 23.7 Å². The molecule has 456 valence electrons. The number of nitrogens with one attached hydrogen (secondary N) is 4. The van der Waals surface area contributed by atoms with Crippen molar-refractivity contribution in [1.82, 2.24) is 39.5 Å². The monoisotopic (exact) mass is 1180 g/mol. The lowest BCUT2D eigenvalue weighted by Crippen LogP contribution is -2.44. The minimum atomic E-state index is -0.0900. The fraction of sp³-hybridized carbons (Fsp3) is 0.352. The van der Waals surface area contributed by atoms with Gasteiger partial charge >= 0.3 is 0 Å². The number of amides is 2. The molecule has 2 amide bonds. The first-order chi connectivity index (χ1) is 43.1. The molecule has 2 aromatic heterocycles. The lowest BCUT2D eigenvalue weighted by Gasteiger charge is -2.32. The minimum Gasteiger partial charge on any atom is -0.497 e. The minimum absolute atomic E-state index is 0.0456. The van der Waals surface area contributed by atoms with Gasteiger partial charge in [-0.25, -0.2) is 19.9 Å². The van der Waals surface area contributed by atoms with E-state index in [1.807, 2.05) is 79.1 Å². The Morgan fingerprint density at radius 1 is 0.500 bits per heavy atom. The quantitative estimate of drug-likeness (QED) is 0.0500. The van der Waals surface area contributed by atoms with E-state index in [1.165, 1.54) is 22.3 Å². The summed E-state index contributed by atoms with van der Waals surface area (Å²) in [6.45, 7) is 13.1. The van der Waals surface area contributed by atoms with Crippen LogP contribution in [0.1, 0.15) is 69.2 Å². The number of fused-ring (bicyclic) bond motifs is 6. The molecule has 4 aliphatic rings. The Labute approximate surface area is 517 Å². The number of piperazine rings is 2. The Bertz CT molecular complexity index is 3630. The van der Waals surface area contributed by atoms with Crippen molar-refractivity contribution in [3.8, 4) is 39.8 Å². The van der Waals surface area contributed by atoms with Crippen LogP contribution in [0.4, 0.5) is 23.3 Å². The van der Waals surface area contributed by atoms with Gasteiger partial charge in [-0.2, -0.15) is 0 Å². The summed E-state index contributed by atoms with van der Waals surface area (Å²) in [4.78, 5) is 54.6. The molecule has 0 radical (unpaired) electrons. The summed E-state index contributed by atoms with van der Waals surface area (Å²) in [7, 11) is 9.20. The summed E-state index contributed by atoms with van der Waals surface area (Å²) < 4.78 is 15.9. The highest BCUT2D eigenvalue weighted by Gasteiger charge is 2.30. The fourth-order valence-corrected chi connectivity index (χ4v) is 12.3. The number of anilines is 4. The van der Waals surface area contributed by atoms with Crippen molar-refractivity contribution in [2.45, 2.75) is 50.4 Å². The highest BCUT2D eigenvalue weighted by molar-refractivity contribution is 5.93. The maximum absolute atomic E-state index is 12.8. The molecule has 2 fully saturated rings. The molecule has 4 N–H and O–H groups in total. The highest BCUT2D eigenvalue weighted by atomic mass is 16.5. The number of carbonyl (C=O) groups is 2. The second kappa shape index (κ2) is 29.3. The number of carbonyl (C=O) groups excluding carboxylic acids is 2. The van der Waals surface area contributed by atoms with E-state index in [1.54, 1.807) is 21.3 Å². The van der Waals surface area contributed by atoms with Crippen LogP contribution in [-0.4, -0.2) is 165 Å². The third kappa shape index (κ3) is 15.5. The van der Waals surface area contributed by atoms with Gasteiger partial charge in [-0.1, -0.05) is 91.0 Å². The molecule has 2 unspecified atom stereocenters. The predicted molar refractivity (Wildman–Crippen MR) is 350 cm³/mol. The summed E-state index contributed by atoms with van der Waals surface area (Å²) in [6, 6.07) is 46.6. The van der Waals surface area contributed by atoms with Crippen molar-refractivity contribution >= 4 is 35.1 Å². The molecule has 17 nitrogen and oxygen atoms in total. The van der Waals surface area contributed by atoms with E-state index >= 15 is 0 Å². The van der Waals surface area contributed by atoms with Crippen molar-refractivity contribution in [3.05, 3.63) is 196 Å². The number of likely N-dealkylation sites (N-methyl/N-ethyl adjacent to an activating group) is 2. The van der Waals surface area contributed by atoms with Crippen molar-refractivity contribution in [2.24, 2.45) is 0 Å². The van der Waals surface area contributed by atoms with E-state index in [9.17, 15) is 9.59 Å². The van der Waals surface area contributed by atoms with Crippen LogP contribution in [0, 0.1) is 0 Å².